The van der Waals surface area contributed by atoms with Crippen LogP contribution in [0.4, 0.5) is 0 Å². The number of carbonyl (C=O) groups is 1. The Labute approximate surface area is 336 Å². The standard InChI is InChI=1S/C45H89NO9/c1-3-5-7-9-11-13-15-17-19-21-23-25-27-29-31-33-38(48)41(50)37(36-54-45-44(53)43(52)42(51)39(35-47)55-45)46-40(49)34-32-30-28-26-24-22-20-18-16-14-12-10-8-6-4-2/h37-39,41-45,47-48,50-53H,3-36H2,1-2H3,(H,46,49)/t37-,38+,39+,41-,42+,43?,44?,45+/m0/s1. The van der Waals surface area contributed by atoms with Crippen LogP contribution < -0.4 is 5.32 Å². The molecule has 10 nitrogen and oxygen atoms in total. The summed E-state index contributed by atoms with van der Waals surface area (Å²) in [6, 6.07) is -0.984. The van der Waals surface area contributed by atoms with Gasteiger partial charge in [0.15, 0.2) is 6.29 Å². The molecule has 10 heteroatoms. The van der Waals surface area contributed by atoms with Gasteiger partial charge in [-0.25, -0.2) is 0 Å². The Kier molecular flexibility index (Phi) is 34.4. The van der Waals surface area contributed by atoms with Crippen LogP contribution in [0, 0.1) is 0 Å². The number of nitrogens with one attached hydrogen (secondary N) is 1. The number of amides is 1. The van der Waals surface area contributed by atoms with E-state index in [1.54, 1.807) is 0 Å². The van der Waals surface area contributed by atoms with Crippen LogP contribution in [-0.4, -0.2) is 98.7 Å². The number of hydrogen-bond donors (Lipinski definition) is 7. The minimum Gasteiger partial charge on any atom is -0.394 e. The van der Waals surface area contributed by atoms with Gasteiger partial charge in [-0.05, 0) is 12.8 Å². The maximum atomic E-state index is 13.0. The van der Waals surface area contributed by atoms with E-state index >= 15 is 0 Å². The van der Waals surface area contributed by atoms with E-state index in [1.165, 1.54) is 154 Å². The number of ether oxygens (including phenoxy) is 2. The number of carbonyl (C=O) groups excluding carboxylic acids is 1. The fourth-order valence-electron chi connectivity index (χ4n) is 7.73. The first-order chi connectivity index (χ1) is 26.8. The zero-order valence-corrected chi connectivity index (χ0v) is 35.6. The first-order valence-electron chi connectivity index (χ1n) is 23.3. The average molecular weight is 788 g/mol. The van der Waals surface area contributed by atoms with Crippen molar-refractivity contribution in [2.75, 3.05) is 13.2 Å². The number of hydrogen-bond acceptors (Lipinski definition) is 9. The van der Waals surface area contributed by atoms with Crippen LogP contribution in [-0.2, 0) is 14.3 Å². The third-order valence-corrected chi connectivity index (χ3v) is 11.6. The fraction of sp³-hybridized carbons (Fsp3) is 0.978. The molecule has 7 N–H and O–H groups in total. The summed E-state index contributed by atoms with van der Waals surface area (Å²) in [7, 11) is 0. The molecule has 1 aliphatic heterocycles. The Morgan fingerprint density at radius 2 is 0.945 bits per heavy atom. The second-order valence-corrected chi connectivity index (χ2v) is 16.7. The minimum absolute atomic E-state index is 0.254. The molecule has 328 valence electrons. The predicted molar refractivity (Wildman–Crippen MR) is 223 cm³/mol. The Morgan fingerprint density at radius 3 is 1.35 bits per heavy atom. The van der Waals surface area contributed by atoms with Crippen LogP contribution in [0.5, 0.6) is 0 Å². The van der Waals surface area contributed by atoms with Crippen molar-refractivity contribution < 1.29 is 44.9 Å². The lowest BCUT2D eigenvalue weighted by Crippen LogP contribution is -2.60. The monoisotopic (exact) mass is 788 g/mol. The second-order valence-electron chi connectivity index (χ2n) is 16.7. The summed E-state index contributed by atoms with van der Waals surface area (Å²) in [6.45, 7) is 3.62. The highest BCUT2D eigenvalue weighted by molar-refractivity contribution is 5.76. The zero-order chi connectivity index (χ0) is 40.4. The van der Waals surface area contributed by atoms with Gasteiger partial charge in [0.25, 0.3) is 0 Å². The van der Waals surface area contributed by atoms with Gasteiger partial charge in [0.2, 0.25) is 5.91 Å². The summed E-state index contributed by atoms with van der Waals surface area (Å²) in [4.78, 5) is 13.0. The van der Waals surface area contributed by atoms with Gasteiger partial charge in [-0.3, -0.25) is 4.79 Å². The SMILES string of the molecule is CCCCCCCCCCCCCCCCCC(=O)N[C@@H](CO[C@@H]1O[C@H](CO)[C@@H](O)C(O)C1O)[C@H](O)[C@H](O)CCCCCCCCCCCCCCCCC. The molecule has 2 unspecified atom stereocenters. The van der Waals surface area contributed by atoms with Crippen LogP contribution in [0.3, 0.4) is 0 Å². The Morgan fingerprint density at radius 1 is 0.564 bits per heavy atom. The first-order valence-corrected chi connectivity index (χ1v) is 23.3. The summed E-state index contributed by atoms with van der Waals surface area (Å²) in [5, 5.41) is 65.2. The van der Waals surface area contributed by atoms with Gasteiger partial charge in [0, 0.05) is 6.42 Å². The van der Waals surface area contributed by atoms with E-state index in [9.17, 15) is 35.4 Å². The highest BCUT2D eigenvalue weighted by Gasteiger charge is 2.44. The molecule has 1 aliphatic rings. The molecule has 0 saturated carbocycles. The third-order valence-electron chi connectivity index (χ3n) is 11.6. The topological polar surface area (TPSA) is 169 Å². The van der Waals surface area contributed by atoms with Crippen molar-refractivity contribution in [1.82, 2.24) is 5.32 Å². The van der Waals surface area contributed by atoms with Gasteiger partial charge in [0.05, 0.1) is 25.4 Å². The molecule has 8 atom stereocenters. The van der Waals surface area contributed by atoms with Crippen molar-refractivity contribution in [1.29, 1.82) is 0 Å². The molecule has 0 aliphatic carbocycles. The molecule has 1 rings (SSSR count). The average Bonchev–Trinajstić information content (AvgIpc) is 3.18. The molecule has 0 aromatic heterocycles. The zero-order valence-electron chi connectivity index (χ0n) is 35.6. The van der Waals surface area contributed by atoms with Crippen LogP contribution in [0.1, 0.15) is 219 Å². The number of unbranched alkanes of at least 4 members (excludes halogenated alkanes) is 28. The Hall–Kier alpha value is -0.850. The van der Waals surface area contributed by atoms with E-state index in [1.807, 2.05) is 0 Å². The molecule has 0 radical (unpaired) electrons. The van der Waals surface area contributed by atoms with Crippen molar-refractivity contribution in [3.63, 3.8) is 0 Å². The van der Waals surface area contributed by atoms with E-state index in [0.29, 0.717) is 6.42 Å². The lowest BCUT2D eigenvalue weighted by Gasteiger charge is -2.40. The normalized spacial score (nSPS) is 21.8. The van der Waals surface area contributed by atoms with Gasteiger partial charge in [-0.15, -0.1) is 0 Å². The van der Waals surface area contributed by atoms with Gasteiger partial charge in [-0.1, -0.05) is 200 Å². The van der Waals surface area contributed by atoms with Gasteiger partial charge in [-0.2, -0.15) is 0 Å². The van der Waals surface area contributed by atoms with Crippen LogP contribution >= 0.6 is 0 Å². The van der Waals surface area contributed by atoms with E-state index in [2.05, 4.69) is 19.2 Å². The Bertz CT molecular complexity index is 849. The van der Waals surface area contributed by atoms with Gasteiger partial charge in [0.1, 0.15) is 30.5 Å². The van der Waals surface area contributed by atoms with E-state index in [4.69, 9.17) is 9.47 Å². The van der Waals surface area contributed by atoms with Crippen molar-refractivity contribution >= 4 is 5.91 Å². The van der Waals surface area contributed by atoms with Crippen molar-refractivity contribution in [3.8, 4) is 0 Å². The molecule has 0 aromatic rings. The number of aliphatic hydroxyl groups excluding tert-OH is 6. The summed E-state index contributed by atoms with van der Waals surface area (Å²) >= 11 is 0. The van der Waals surface area contributed by atoms with Gasteiger partial charge < -0.3 is 45.4 Å². The van der Waals surface area contributed by atoms with Crippen LogP contribution in [0.25, 0.3) is 0 Å². The summed E-state index contributed by atoms with van der Waals surface area (Å²) in [5.41, 5.74) is 0. The maximum Gasteiger partial charge on any atom is 0.220 e. The summed E-state index contributed by atoms with van der Waals surface area (Å²) in [6.07, 6.45) is 28.1. The molecule has 55 heavy (non-hydrogen) atoms. The molecule has 0 aromatic carbocycles. The van der Waals surface area contributed by atoms with Gasteiger partial charge >= 0.3 is 0 Å². The third kappa shape index (κ3) is 26.7. The molecular weight excluding hydrogens is 698 g/mol. The lowest BCUT2D eigenvalue weighted by molar-refractivity contribution is -0.303. The highest BCUT2D eigenvalue weighted by atomic mass is 16.7. The molecule has 0 spiro atoms. The molecule has 1 saturated heterocycles. The molecular formula is C45H89NO9. The first kappa shape index (κ1) is 52.2. The molecule has 1 fully saturated rings. The molecule has 1 amide bonds. The van der Waals surface area contributed by atoms with Crippen molar-refractivity contribution in [3.05, 3.63) is 0 Å². The van der Waals surface area contributed by atoms with Crippen LogP contribution in [0.15, 0.2) is 0 Å². The van der Waals surface area contributed by atoms with Crippen LogP contribution in [0.2, 0.25) is 0 Å². The summed E-state index contributed by atoms with van der Waals surface area (Å²) in [5.74, 6) is -0.254. The van der Waals surface area contributed by atoms with E-state index in [0.717, 1.165) is 38.5 Å². The minimum atomic E-state index is -1.60. The maximum absolute atomic E-state index is 13.0. The number of aliphatic hydroxyl groups is 6. The summed E-state index contributed by atoms with van der Waals surface area (Å²) < 4.78 is 11.2. The molecule has 0 bridgehead atoms. The molecule has 1 heterocycles. The largest absolute Gasteiger partial charge is 0.394 e. The van der Waals surface area contributed by atoms with E-state index < -0.39 is 55.6 Å². The quantitative estimate of drug-likeness (QED) is 0.0302. The predicted octanol–water partition coefficient (Wildman–Crippen LogP) is 8.53. The lowest BCUT2D eigenvalue weighted by atomic mass is 9.98. The Balaban J connectivity index is 2.38. The second kappa shape index (κ2) is 36.2. The van der Waals surface area contributed by atoms with Crippen molar-refractivity contribution in [2.45, 2.75) is 268 Å². The highest BCUT2D eigenvalue weighted by Crippen LogP contribution is 2.23. The van der Waals surface area contributed by atoms with E-state index in [-0.39, 0.29) is 18.9 Å². The van der Waals surface area contributed by atoms with Crippen molar-refractivity contribution in [2.24, 2.45) is 0 Å². The fourth-order valence-corrected chi connectivity index (χ4v) is 7.73. The smallest absolute Gasteiger partial charge is 0.220 e. The number of rotatable bonds is 39.